The number of amides is 1. The number of allylic oxidation sites excluding steroid dienone is 2. The van der Waals surface area contributed by atoms with E-state index in [1.807, 2.05) is 16.8 Å². The number of amidine groups is 1. The van der Waals surface area contributed by atoms with Gasteiger partial charge in [-0.3, -0.25) is 4.79 Å². The second-order valence-corrected chi connectivity index (χ2v) is 8.78. The first-order chi connectivity index (χ1) is 14.0. The molecule has 0 spiro atoms. The van der Waals surface area contributed by atoms with Crippen LogP contribution in [0.4, 0.5) is 5.69 Å². The normalized spacial score (nSPS) is 19.9. The second-order valence-electron chi connectivity index (χ2n) is 7.03. The predicted octanol–water partition coefficient (Wildman–Crippen LogP) is 1.11. The Hall–Kier alpha value is -3.34. The summed E-state index contributed by atoms with van der Waals surface area (Å²) in [5, 5.41) is 14.7. The van der Waals surface area contributed by atoms with Crippen LogP contribution in [0.1, 0.15) is 18.9 Å². The Morgan fingerprint density at radius 1 is 1.17 bits per heavy atom. The third-order valence-electron chi connectivity index (χ3n) is 4.89. The van der Waals surface area contributed by atoms with Gasteiger partial charge in [0.2, 0.25) is 0 Å². The van der Waals surface area contributed by atoms with E-state index in [0.29, 0.717) is 17.6 Å². The summed E-state index contributed by atoms with van der Waals surface area (Å²) in [6, 6.07) is 7.56. The van der Waals surface area contributed by atoms with E-state index in [-0.39, 0.29) is 23.7 Å². The van der Waals surface area contributed by atoms with Crippen LogP contribution in [-0.2, 0) is 14.8 Å². The summed E-state index contributed by atoms with van der Waals surface area (Å²) in [5.74, 6) is 0.350. The molecule has 1 N–H and O–H groups in total. The molecule has 1 fully saturated rings. The van der Waals surface area contributed by atoms with Crippen LogP contribution in [0.25, 0.3) is 11.4 Å². The van der Waals surface area contributed by atoms with E-state index >= 15 is 0 Å². The van der Waals surface area contributed by atoms with Gasteiger partial charge < -0.3 is 10.2 Å². The van der Waals surface area contributed by atoms with Gasteiger partial charge in [0.25, 0.3) is 15.9 Å². The van der Waals surface area contributed by atoms with Gasteiger partial charge in [0.05, 0.1) is 17.4 Å². The summed E-state index contributed by atoms with van der Waals surface area (Å²) in [6.07, 6.45) is 7.12. The molecule has 11 heteroatoms. The summed E-state index contributed by atoms with van der Waals surface area (Å²) in [5.41, 5.74) is 1.64. The summed E-state index contributed by atoms with van der Waals surface area (Å²) >= 11 is 0. The Bertz CT molecular complexity index is 1170. The zero-order valence-corrected chi connectivity index (χ0v) is 16.1. The van der Waals surface area contributed by atoms with Crippen LogP contribution in [-0.4, -0.2) is 57.6 Å². The summed E-state index contributed by atoms with van der Waals surface area (Å²) in [6.45, 7) is 0.271. The Morgan fingerprint density at radius 2 is 1.97 bits per heavy atom. The average Bonchev–Trinajstić information content (AvgIpc) is 3.44. The average molecular weight is 411 g/mol. The number of tetrazole rings is 1. The molecule has 2 aliphatic heterocycles. The molecule has 0 bridgehead atoms. The number of nitrogens with one attached hydrogen (secondary N) is 1. The van der Waals surface area contributed by atoms with Crippen molar-refractivity contribution in [2.24, 2.45) is 4.40 Å². The van der Waals surface area contributed by atoms with Gasteiger partial charge in [-0.05, 0) is 59.7 Å². The Labute approximate surface area is 166 Å². The van der Waals surface area contributed by atoms with Crippen LogP contribution in [0.3, 0.4) is 0 Å². The molecule has 148 valence electrons. The molecule has 0 radical (unpaired) electrons. The number of hydrogen-bond acceptors (Lipinski definition) is 7. The number of carbonyl (C=O) groups is 1. The molecular weight excluding hydrogens is 394 g/mol. The number of carbonyl (C=O) groups excluding carboxylic acids is 1. The molecule has 0 atom stereocenters. The van der Waals surface area contributed by atoms with Gasteiger partial charge in [-0.1, -0.05) is 0 Å². The van der Waals surface area contributed by atoms with Crippen LogP contribution in [0.5, 0.6) is 0 Å². The maximum atomic E-state index is 12.7. The highest BCUT2D eigenvalue weighted by molar-refractivity contribution is 7.90. The van der Waals surface area contributed by atoms with Gasteiger partial charge in [-0.2, -0.15) is 0 Å². The van der Waals surface area contributed by atoms with Crippen molar-refractivity contribution in [1.82, 2.24) is 25.1 Å². The highest BCUT2D eigenvalue weighted by atomic mass is 32.2. The number of rotatable bonds is 4. The molecule has 1 amide bonds. The number of fused-ring (bicyclic) bond motifs is 1. The molecule has 1 aromatic carbocycles. The van der Waals surface area contributed by atoms with Gasteiger partial charge in [0, 0.05) is 24.0 Å². The monoisotopic (exact) mass is 411 g/mol. The third kappa shape index (κ3) is 3.44. The van der Waals surface area contributed by atoms with Gasteiger partial charge in [-0.15, -0.1) is 9.50 Å². The molecule has 10 nitrogen and oxygen atoms in total. The number of hydrogen-bond donors (Lipinski definition) is 1. The van der Waals surface area contributed by atoms with Gasteiger partial charge in [0.1, 0.15) is 0 Å². The van der Waals surface area contributed by atoms with E-state index in [2.05, 4.69) is 25.2 Å². The summed E-state index contributed by atoms with van der Waals surface area (Å²) in [7, 11) is -3.56. The van der Waals surface area contributed by atoms with Crippen molar-refractivity contribution >= 4 is 27.5 Å². The molecule has 29 heavy (non-hydrogen) atoms. The van der Waals surface area contributed by atoms with Crippen LogP contribution < -0.4 is 5.32 Å². The smallest absolute Gasteiger partial charge is 0.259 e. The third-order valence-corrected chi connectivity index (χ3v) is 6.04. The Balaban J connectivity index is 1.36. The van der Waals surface area contributed by atoms with Crippen molar-refractivity contribution in [1.29, 1.82) is 0 Å². The molecular formula is C18H17N7O3S. The highest BCUT2D eigenvalue weighted by Crippen LogP contribution is 2.36. The first-order valence-electron chi connectivity index (χ1n) is 9.18. The Morgan fingerprint density at radius 3 is 2.72 bits per heavy atom. The number of aromatic nitrogens is 4. The van der Waals surface area contributed by atoms with Crippen LogP contribution >= 0.6 is 0 Å². The molecule has 2 aromatic rings. The van der Waals surface area contributed by atoms with E-state index in [1.165, 1.54) is 0 Å². The van der Waals surface area contributed by atoms with Crippen molar-refractivity contribution in [3.63, 3.8) is 0 Å². The maximum Gasteiger partial charge on any atom is 0.259 e. The molecule has 0 unspecified atom stereocenters. The zero-order chi connectivity index (χ0) is 20.0. The minimum atomic E-state index is -3.56. The lowest BCUT2D eigenvalue weighted by molar-refractivity contribution is -0.112. The van der Waals surface area contributed by atoms with Crippen molar-refractivity contribution in [2.75, 3.05) is 17.6 Å². The number of benzene rings is 1. The zero-order valence-electron chi connectivity index (χ0n) is 15.3. The summed E-state index contributed by atoms with van der Waals surface area (Å²) < 4.78 is 29.3. The first kappa shape index (κ1) is 17.7. The molecule has 5 rings (SSSR count). The van der Waals surface area contributed by atoms with Gasteiger partial charge in [0.15, 0.2) is 11.7 Å². The van der Waals surface area contributed by atoms with Crippen molar-refractivity contribution in [2.45, 2.75) is 18.9 Å². The minimum absolute atomic E-state index is 0.0719. The number of sulfonamides is 1. The number of nitrogens with zero attached hydrogens (tertiary/aromatic N) is 6. The van der Waals surface area contributed by atoms with E-state index < -0.39 is 15.9 Å². The highest BCUT2D eigenvalue weighted by Gasteiger charge is 2.30. The Kier molecular flexibility index (Phi) is 4.05. The van der Waals surface area contributed by atoms with Crippen molar-refractivity contribution in [3.8, 4) is 11.4 Å². The standard InChI is InChI=1S/C18H17N7O3S/c26-18(15-2-1-9-24-10-11-29(27,28)21-17(15)24)19-13-5-3-12(4-6-13)16-20-22-23-25(16)14-7-8-14/h1-6,9,14H,7-8,10-11H2,(H,19,26). The molecule has 1 saturated carbocycles. The molecule has 3 aliphatic rings. The lowest BCUT2D eigenvalue weighted by Gasteiger charge is -2.28. The lowest BCUT2D eigenvalue weighted by atomic mass is 10.1. The lowest BCUT2D eigenvalue weighted by Crippen LogP contribution is -2.40. The van der Waals surface area contributed by atoms with Crippen molar-refractivity contribution in [3.05, 3.63) is 48.2 Å². The first-order valence-corrected chi connectivity index (χ1v) is 10.8. The number of anilines is 1. The SMILES string of the molecule is O=C(Nc1ccc(-c2nnnn2C2CC2)cc1)C1=CC=CN2CCS(=O)(=O)N=C12. The van der Waals surface area contributed by atoms with E-state index in [4.69, 9.17) is 0 Å². The predicted molar refractivity (Wildman–Crippen MR) is 105 cm³/mol. The van der Waals surface area contributed by atoms with Crippen molar-refractivity contribution < 1.29 is 13.2 Å². The fraction of sp³-hybridized carbons (Fsp3) is 0.278. The maximum absolute atomic E-state index is 12.7. The molecule has 3 heterocycles. The second kappa shape index (κ2) is 6.62. The van der Waals surface area contributed by atoms with E-state index in [9.17, 15) is 13.2 Å². The van der Waals surface area contributed by atoms with Gasteiger partial charge in [-0.25, -0.2) is 13.1 Å². The van der Waals surface area contributed by atoms with Crippen LogP contribution in [0, 0.1) is 0 Å². The molecule has 1 aromatic heterocycles. The topological polar surface area (TPSA) is 122 Å². The van der Waals surface area contributed by atoms with Crippen LogP contribution in [0.15, 0.2) is 52.6 Å². The quantitative estimate of drug-likeness (QED) is 0.799. The fourth-order valence-electron chi connectivity index (χ4n) is 3.24. The van der Waals surface area contributed by atoms with Gasteiger partial charge >= 0.3 is 0 Å². The fourth-order valence-corrected chi connectivity index (χ4v) is 4.23. The minimum Gasteiger partial charge on any atom is -0.331 e. The molecule has 1 aliphatic carbocycles. The molecule has 0 saturated heterocycles. The summed E-state index contributed by atoms with van der Waals surface area (Å²) in [4.78, 5) is 14.4. The largest absolute Gasteiger partial charge is 0.331 e. The van der Waals surface area contributed by atoms with Crippen LogP contribution in [0.2, 0.25) is 0 Å². The van der Waals surface area contributed by atoms with E-state index in [0.717, 1.165) is 18.4 Å². The van der Waals surface area contributed by atoms with E-state index in [1.54, 1.807) is 35.4 Å².